The maximum Gasteiger partial charge on any atom is 0.328 e. The van der Waals surface area contributed by atoms with E-state index in [0.717, 1.165) is 27.5 Å². The van der Waals surface area contributed by atoms with Gasteiger partial charge in [-0.2, -0.15) is 0 Å². The molecule has 2 heterocycles. The van der Waals surface area contributed by atoms with Gasteiger partial charge < -0.3 is 15.6 Å². The highest BCUT2D eigenvalue weighted by Gasteiger charge is 2.32. The Bertz CT molecular complexity index is 938. The summed E-state index contributed by atoms with van der Waals surface area (Å²) in [4.78, 5) is 36.4. The van der Waals surface area contributed by atoms with Crippen LogP contribution in [0.2, 0.25) is 0 Å². The monoisotopic (exact) mass is 352 g/mol. The van der Waals surface area contributed by atoms with Crippen LogP contribution in [0, 0.1) is 13.8 Å². The first-order chi connectivity index (χ1) is 12.3. The standard InChI is InChI=1S/C19H20N4O3/c1-4-22-18(25)16(21-19(22)26)10-14-9-11(2)23(12(14)3)15-7-5-13(6-8-15)17(20)24/h5-10H,4H2,1-3H3,(H2,20,24)(H,21,26)/b16-10+. The Morgan fingerprint density at radius 2 is 1.85 bits per heavy atom. The van der Waals surface area contributed by atoms with Crippen molar-refractivity contribution in [1.82, 2.24) is 14.8 Å². The molecule has 7 heteroatoms. The van der Waals surface area contributed by atoms with Crippen LogP contribution in [-0.2, 0) is 4.79 Å². The molecule has 1 fully saturated rings. The quantitative estimate of drug-likeness (QED) is 0.651. The molecule has 0 saturated carbocycles. The van der Waals surface area contributed by atoms with E-state index >= 15 is 0 Å². The number of likely N-dealkylation sites (N-methyl/N-ethyl adjacent to an activating group) is 1. The minimum absolute atomic E-state index is 0.265. The summed E-state index contributed by atoms with van der Waals surface area (Å²) in [6.45, 7) is 5.96. The van der Waals surface area contributed by atoms with Crippen LogP contribution in [-0.4, -0.2) is 33.9 Å². The molecule has 134 valence electrons. The number of carbonyl (C=O) groups excluding carboxylic acids is 3. The lowest BCUT2D eigenvalue weighted by atomic mass is 10.2. The smallest absolute Gasteiger partial charge is 0.328 e. The van der Waals surface area contributed by atoms with Gasteiger partial charge in [-0.3, -0.25) is 14.5 Å². The van der Waals surface area contributed by atoms with Crippen LogP contribution in [0.25, 0.3) is 11.8 Å². The molecule has 0 spiro atoms. The van der Waals surface area contributed by atoms with Crippen LogP contribution in [0.1, 0.15) is 34.2 Å². The van der Waals surface area contributed by atoms with E-state index in [0.29, 0.717) is 12.1 Å². The summed E-state index contributed by atoms with van der Waals surface area (Å²) in [6.07, 6.45) is 1.69. The number of amides is 4. The number of urea groups is 1. The Balaban J connectivity index is 1.99. The Hall–Kier alpha value is -3.35. The van der Waals surface area contributed by atoms with Crippen LogP contribution in [0.15, 0.2) is 36.0 Å². The van der Waals surface area contributed by atoms with Gasteiger partial charge in [-0.05, 0) is 62.7 Å². The number of nitrogens with one attached hydrogen (secondary N) is 1. The normalized spacial score (nSPS) is 15.7. The molecule has 1 aliphatic heterocycles. The van der Waals surface area contributed by atoms with Gasteiger partial charge in [0.25, 0.3) is 5.91 Å². The second kappa shape index (κ2) is 6.51. The van der Waals surface area contributed by atoms with E-state index in [1.54, 1.807) is 25.1 Å². The molecule has 3 N–H and O–H groups in total. The molecule has 0 unspecified atom stereocenters. The van der Waals surface area contributed by atoms with Crippen molar-refractivity contribution in [2.24, 2.45) is 5.73 Å². The van der Waals surface area contributed by atoms with Gasteiger partial charge in [-0.15, -0.1) is 0 Å². The SMILES string of the molecule is CCN1C(=O)N/C(=C/c2cc(C)n(-c3ccc(C(N)=O)cc3)c2C)C1=O. The number of aromatic nitrogens is 1. The van der Waals surface area contributed by atoms with Crippen LogP contribution in [0.4, 0.5) is 4.79 Å². The lowest BCUT2D eigenvalue weighted by Crippen LogP contribution is -2.30. The number of nitrogens with two attached hydrogens (primary N) is 1. The highest BCUT2D eigenvalue weighted by atomic mass is 16.2. The maximum absolute atomic E-state index is 12.2. The summed E-state index contributed by atoms with van der Waals surface area (Å²) < 4.78 is 2.01. The number of hydrogen-bond acceptors (Lipinski definition) is 3. The summed E-state index contributed by atoms with van der Waals surface area (Å²) in [7, 11) is 0. The predicted octanol–water partition coefficient (Wildman–Crippen LogP) is 2.11. The fraction of sp³-hybridized carbons (Fsp3) is 0.211. The van der Waals surface area contributed by atoms with Crippen molar-refractivity contribution >= 4 is 23.9 Å². The van der Waals surface area contributed by atoms with Crippen LogP contribution in [0.5, 0.6) is 0 Å². The Morgan fingerprint density at radius 3 is 2.38 bits per heavy atom. The number of aryl methyl sites for hydroxylation is 1. The Kier molecular flexibility index (Phi) is 4.38. The van der Waals surface area contributed by atoms with E-state index < -0.39 is 11.9 Å². The zero-order valence-electron chi connectivity index (χ0n) is 14.9. The van der Waals surface area contributed by atoms with Gasteiger partial charge in [0.15, 0.2) is 0 Å². The van der Waals surface area contributed by atoms with Crippen molar-refractivity contribution in [3.05, 3.63) is 58.5 Å². The second-order valence-corrected chi connectivity index (χ2v) is 6.11. The number of benzene rings is 1. The third-order valence-electron chi connectivity index (χ3n) is 4.46. The van der Waals surface area contributed by atoms with Gasteiger partial charge >= 0.3 is 6.03 Å². The number of primary amides is 1. The predicted molar refractivity (Wildman–Crippen MR) is 97.7 cm³/mol. The number of rotatable bonds is 4. The third kappa shape index (κ3) is 2.88. The van der Waals surface area contributed by atoms with E-state index in [2.05, 4.69) is 5.32 Å². The summed E-state index contributed by atoms with van der Waals surface area (Å²) in [5.41, 5.74) is 9.58. The second-order valence-electron chi connectivity index (χ2n) is 6.11. The molecule has 4 amide bonds. The van der Waals surface area contributed by atoms with E-state index in [1.807, 2.05) is 36.6 Å². The van der Waals surface area contributed by atoms with Crippen molar-refractivity contribution in [3.63, 3.8) is 0 Å². The van der Waals surface area contributed by atoms with E-state index in [-0.39, 0.29) is 11.6 Å². The number of carbonyl (C=O) groups is 3. The zero-order valence-corrected chi connectivity index (χ0v) is 14.9. The number of hydrogen-bond donors (Lipinski definition) is 2. The minimum atomic E-state index is -0.473. The zero-order chi connectivity index (χ0) is 19.0. The van der Waals surface area contributed by atoms with Gasteiger partial charge in [0.05, 0.1) is 0 Å². The molecule has 2 aromatic rings. The molecule has 1 aromatic heterocycles. The molecule has 3 rings (SSSR count). The summed E-state index contributed by atoms with van der Waals surface area (Å²) >= 11 is 0. The molecule has 26 heavy (non-hydrogen) atoms. The lowest BCUT2D eigenvalue weighted by molar-refractivity contribution is -0.122. The molecule has 1 saturated heterocycles. The highest BCUT2D eigenvalue weighted by Crippen LogP contribution is 2.24. The van der Waals surface area contributed by atoms with Crippen LogP contribution in [0.3, 0.4) is 0 Å². The van der Waals surface area contributed by atoms with Crippen molar-refractivity contribution in [1.29, 1.82) is 0 Å². The lowest BCUT2D eigenvalue weighted by Gasteiger charge is -2.10. The van der Waals surface area contributed by atoms with Crippen molar-refractivity contribution in [2.45, 2.75) is 20.8 Å². The van der Waals surface area contributed by atoms with Crippen LogP contribution < -0.4 is 11.1 Å². The van der Waals surface area contributed by atoms with E-state index in [4.69, 9.17) is 5.73 Å². The molecule has 1 aliphatic rings. The topological polar surface area (TPSA) is 97.4 Å². The molecule has 0 atom stereocenters. The Morgan fingerprint density at radius 1 is 1.19 bits per heavy atom. The van der Waals surface area contributed by atoms with Gasteiger partial charge in [0, 0.05) is 29.2 Å². The van der Waals surface area contributed by atoms with Crippen molar-refractivity contribution in [3.8, 4) is 5.69 Å². The van der Waals surface area contributed by atoms with Crippen LogP contribution >= 0.6 is 0 Å². The molecular formula is C19H20N4O3. The van der Waals surface area contributed by atoms with Gasteiger partial charge in [0.2, 0.25) is 5.91 Å². The van der Waals surface area contributed by atoms with E-state index in [9.17, 15) is 14.4 Å². The summed E-state index contributed by atoms with van der Waals surface area (Å²) in [5.74, 6) is -0.799. The fourth-order valence-corrected chi connectivity index (χ4v) is 3.12. The highest BCUT2D eigenvalue weighted by molar-refractivity contribution is 6.14. The average molecular weight is 352 g/mol. The third-order valence-corrected chi connectivity index (χ3v) is 4.46. The molecule has 1 aromatic carbocycles. The maximum atomic E-state index is 12.2. The number of nitrogens with zero attached hydrogens (tertiary/aromatic N) is 2. The first kappa shape index (κ1) is 17.5. The average Bonchev–Trinajstić information content (AvgIpc) is 3.03. The largest absolute Gasteiger partial charge is 0.366 e. The minimum Gasteiger partial charge on any atom is -0.366 e. The Labute approximate surface area is 151 Å². The molecular weight excluding hydrogens is 332 g/mol. The van der Waals surface area contributed by atoms with Crippen molar-refractivity contribution in [2.75, 3.05) is 6.54 Å². The first-order valence-electron chi connectivity index (χ1n) is 8.27. The molecule has 0 radical (unpaired) electrons. The first-order valence-corrected chi connectivity index (χ1v) is 8.27. The van der Waals surface area contributed by atoms with Gasteiger partial charge in [0.1, 0.15) is 5.70 Å². The van der Waals surface area contributed by atoms with Crippen molar-refractivity contribution < 1.29 is 14.4 Å². The number of imide groups is 1. The summed E-state index contributed by atoms with van der Waals surface area (Å²) in [6, 6.07) is 8.53. The molecule has 0 bridgehead atoms. The van der Waals surface area contributed by atoms with Gasteiger partial charge in [-0.1, -0.05) is 0 Å². The molecule has 0 aliphatic carbocycles. The van der Waals surface area contributed by atoms with Gasteiger partial charge in [-0.25, -0.2) is 4.79 Å². The van der Waals surface area contributed by atoms with E-state index in [1.165, 1.54) is 0 Å². The fourth-order valence-electron chi connectivity index (χ4n) is 3.12. The molecule has 7 nitrogen and oxygen atoms in total. The summed E-state index contributed by atoms with van der Waals surface area (Å²) in [5, 5.41) is 2.61.